The van der Waals surface area contributed by atoms with Crippen molar-refractivity contribution in [3.63, 3.8) is 0 Å². The molecule has 7 rings (SSSR count). The van der Waals surface area contributed by atoms with Gasteiger partial charge in [-0.3, -0.25) is 29.0 Å². The number of ketones is 2. The van der Waals surface area contributed by atoms with E-state index in [-0.39, 0.29) is 41.6 Å². The second-order valence-electron chi connectivity index (χ2n) is 12.5. The van der Waals surface area contributed by atoms with Gasteiger partial charge in [-0.25, -0.2) is 0 Å². The zero-order valence-corrected chi connectivity index (χ0v) is 24.7. The Bertz CT molecular complexity index is 1650. The van der Waals surface area contributed by atoms with Gasteiger partial charge in [-0.2, -0.15) is 0 Å². The smallest absolute Gasteiger partial charge is 0.233 e. The molecule has 1 N–H and O–H groups in total. The first kappa shape index (κ1) is 28.0. The maximum absolute atomic E-state index is 14.2. The highest BCUT2D eigenvalue weighted by molar-refractivity contribution is 6.30. The van der Waals surface area contributed by atoms with Crippen LogP contribution in [0.5, 0.6) is 5.75 Å². The third-order valence-corrected chi connectivity index (χ3v) is 10.3. The van der Waals surface area contributed by atoms with Crippen LogP contribution in [0.4, 0.5) is 0 Å². The van der Waals surface area contributed by atoms with Crippen molar-refractivity contribution < 1.29 is 24.3 Å². The number of rotatable bonds is 4. The number of hydrogen-bond donors (Lipinski definition) is 1. The minimum absolute atomic E-state index is 0.0323. The highest BCUT2D eigenvalue weighted by atomic mass is 35.5. The molecule has 43 heavy (non-hydrogen) atoms. The molecule has 0 spiro atoms. The van der Waals surface area contributed by atoms with Crippen LogP contribution < -0.4 is 0 Å². The number of piperidine rings is 1. The Morgan fingerprint density at radius 3 is 2.44 bits per heavy atom. The van der Waals surface area contributed by atoms with Gasteiger partial charge in [0, 0.05) is 58.9 Å². The van der Waals surface area contributed by atoms with E-state index in [2.05, 4.69) is 17.0 Å². The normalized spacial score (nSPS) is 28.0. The molecule has 3 aliphatic carbocycles. The Hall–Kier alpha value is -3.81. The Kier molecular flexibility index (Phi) is 6.98. The van der Waals surface area contributed by atoms with Crippen LogP contribution in [0.25, 0.3) is 0 Å². The molecular formula is C35H33ClN2O5. The predicted octanol–water partition coefficient (Wildman–Crippen LogP) is 5.14. The van der Waals surface area contributed by atoms with Crippen LogP contribution in [0.3, 0.4) is 0 Å². The average Bonchev–Trinajstić information content (AvgIpc) is 3.26. The number of amides is 2. The van der Waals surface area contributed by atoms with Crippen LogP contribution in [-0.2, 0) is 25.7 Å². The van der Waals surface area contributed by atoms with Crippen LogP contribution in [0.15, 0.2) is 83.0 Å². The summed E-state index contributed by atoms with van der Waals surface area (Å²) >= 11 is 6.35. The highest BCUT2D eigenvalue weighted by Gasteiger charge is 2.57. The van der Waals surface area contributed by atoms with Gasteiger partial charge in [-0.1, -0.05) is 53.6 Å². The number of benzene rings is 2. The monoisotopic (exact) mass is 596 g/mol. The van der Waals surface area contributed by atoms with Crippen molar-refractivity contribution in [2.45, 2.75) is 51.1 Å². The molecule has 8 heteroatoms. The first-order valence-electron chi connectivity index (χ1n) is 15.0. The second-order valence-corrected chi connectivity index (χ2v) is 12.9. The van der Waals surface area contributed by atoms with Crippen molar-refractivity contribution in [3.8, 4) is 5.75 Å². The molecule has 0 saturated carbocycles. The number of aromatic hydroxyl groups is 1. The van der Waals surface area contributed by atoms with Gasteiger partial charge in [-0.15, -0.1) is 0 Å². The van der Waals surface area contributed by atoms with Gasteiger partial charge in [0.2, 0.25) is 11.8 Å². The van der Waals surface area contributed by atoms with E-state index >= 15 is 0 Å². The standard InChI is InChI=1S/C35H33ClN2O5/c1-19-15-29(40)27-17-25-23(30(32(27)33(19)41)26-16-21(36)7-10-28(26)39)8-9-24-31(25)35(43)38(34(24)42)22-11-13-37(14-12-22)18-20-5-3-2-4-6-20/h2-8,10,15-16,22,24-25,30-31,39H,9,11-14,17-18H2,1H3/t24-,25+,30+,31-/m0/s1. The summed E-state index contributed by atoms with van der Waals surface area (Å²) in [6.07, 6.45) is 5.38. The van der Waals surface area contributed by atoms with E-state index in [1.54, 1.807) is 19.1 Å². The summed E-state index contributed by atoms with van der Waals surface area (Å²) in [7, 11) is 0. The van der Waals surface area contributed by atoms with Crippen LogP contribution >= 0.6 is 11.6 Å². The number of Topliss-reactive ketones (excluding diaryl/α,β-unsaturated/α-hetero) is 1. The lowest BCUT2D eigenvalue weighted by atomic mass is 9.59. The molecule has 2 amide bonds. The van der Waals surface area contributed by atoms with Crippen LogP contribution in [0, 0.1) is 17.8 Å². The maximum Gasteiger partial charge on any atom is 0.233 e. The summed E-state index contributed by atoms with van der Waals surface area (Å²) in [5, 5.41) is 11.3. The van der Waals surface area contributed by atoms with Crippen molar-refractivity contribution in [2.24, 2.45) is 17.8 Å². The SMILES string of the molecule is CC1=CC(=O)C2=C(C1=O)[C@@H](c1cc(Cl)ccc1O)C1=CC[C@@H]3C(=O)N(C4CCN(Cc5ccccc5)CC4)C(=O)[C@@H]3[C@@H]1C2. The zero-order chi connectivity index (χ0) is 30.0. The number of phenols is 1. The van der Waals surface area contributed by atoms with Crippen LogP contribution in [-0.4, -0.2) is 57.4 Å². The lowest BCUT2D eigenvalue weighted by molar-refractivity contribution is -0.144. The fraction of sp³-hybridized carbons (Fsp3) is 0.371. The Labute approximate surface area is 255 Å². The molecule has 220 valence electrons. The Balaban J connectivity index is 1.19. The van der Waals surface area contributed by atoms with Gasteiger partial charge >= 0.3 is 0 Å². The van der Waals surface area contributed by atoms with Crippen molar-refractivity contribution in [2.75, 3.05) is 13.1 Å². The molecule has 2 aromatic rings. The number of phenolic OH excluding ortho intramolecular Hbond substituents is 1. The van der Waals surface area contributed by atoms with Crippen LogP contribution in [0.1, 0.15) is 49.7 Å². The molecule has 0 bridgehead atoms. The molecule has 5 aliphatic rings. The topological polar surface area (TPSA) is 95.0 Å². The molecule has 2 fully saturated rings. The molecule has 7 nitrogen and oxygen atoms in total. The number of fused-ring (bicyclic) bond motifs is 3. The number of allylic oxidation sites excluding steroid dienone is 6. The summed E-state index contributed by atoms with van der Waals surface area (Å²) in [6, 6.07) is 14.8. The summed E-state index contributed by atoms with van der Waals surface area (Å²) in [5.74, 6) is -3.07. The van der Waals surface area contributed by atoms with Crippen LogP contribution in [0.2, 0.25) is 5.02 Å². The minimum atomic E-state index is -0.716. The third-order valence-electron chi connectivity index (χ3n) is 10.1. The number of likely N-dealkylation sites (tertiary alicyclic amines) is 2. The number of carbonyl (C=O) groups is 4. The Morgan fingerprint density at radius 2 is 1.70 bits per heavy atom. The molecule has 0 unspecified atom stereocenters. The van der Waals surface area contributed by atoms with E-state index < -0.39 is 23.7 Å². The number of nitrogens with zero attached hydrogens (tertiary/aromatic N) is 2. The molecule has 2 heterocycles. The molecular weight excluding hydrogens is 564 g/mol. The summed E-state index contributed by atoms with van der Waals surface area (Å²) in [5.41, 5.74) is 3.56. The number of imide groups is 1. The van der Waals surface area contributed by atoms with Crippen molar-refractivity contribution in [3.05, 3.63) is 99.1 Å². The largest absolute Gasteiger partial charge is 0.508 e. The van der Waals surface area contributed by atoms with Gasteiger partial charge in [0.05, 0.1) is 11.8 Å². The summed E-state index contributed by atoms with van der Waals surface area (Å²) in [4.78, 5) is 58.8. The second kappa shape index (κ2) is 10.7. The molecule has 0 aromatic heterocycles. The zero-order valence-electron chi connectivity index (χ0n) is 24.0. The predicted molar refractivity (Wildman–Crippen MR) is 161 cm³/mol. The van der Waals surface area contributed by atoms with Crippen molar-refractivity contribution in [1.82, 2.24) is 9.80 Å². The van der Waals surface area contributed by atoms with E-state index in [4.69, 9.17) is 11.6 Å². The van der Waals surface area contributed by atoms with E-state index in [9.17, 15) is 24.3 Å². The quantitative estimate of drug-likeness (QED) is 0.298. The van der Waals surface area contributed by atoms with Gasteiger partial charge in [-0.05, 0) is 68.4 Å². The van der Waals surface area contributed by atoms with Gasteiger partial charge in [0.1, 0.15) is 5.75 Å². The summed E-state index contributed by atoms with van der Waals surface area (Å²) in [6.45, 7) is 4.06. The number of carbonyl (C=O) groups excluding carboxylic acids is 4. The average molecular weight is 597 g/mol. The van der Waals surface area contributed by atoms with Gasteiger partial charge < -0.3 is 5.11 Å². The lowest BCUT2D eigenvalue weighted by Gasteiger charge is -2.42. The Morgan fingerprint density at radius 1 is 0.953 bits per heavy atom. The number of halogens is 1. The first-order valence-corrected chi connectivity index (χ1v) is 15.4. The van der Waals surface area contributed by atoms with Crippen molar-refractivity contribution in [1.29, 1.82) is 0 Å². The summed E-state index contributed by atoms with van der Waals surface area (Å²) < 4.78 is 0. The molecule has 2 aliphatic heterocycles. The van der Waals surface area contributed by atoms with Gasteiger partial charge in [0.15, 0.2) is 11.6 Å². The molecule has 0 radical (unpaired) electrons. The maximum atomic E-state index is 14.2. The van der Waals surface area contributed by atoms with Gasteiger partial charge in [0.25, 0.3) is 0 Å². The fourth-order valence-corrected chi connectivity index (χ4v) is 8.22. The lowest BCUT2D eigenvalue weighted by Crippen LogP contribution is -2.47. The first-order chi connectivity index (χ1) is 20.7. The van der Waals surface area contributed by atoms with Crippen molar-refractivity contribution >= 4 is 35.0 Å². The van der Waals surface area contributed by atoms with E-state index in [1.165, 1.54) is 22.6 Å². The highest BCUT2D eigenvalue weighted by Crippen LogP contribution is 2.56. The fourth-order valence-electron chi connectivity index (χ4n) is 8.03. The molecule has 4 atom stereocenters. The molecule has 2 saturated heterocycles. The van der Waals surface area contributed by atoms with E-state index in [0.717, 1.165) is 38.0 Å². The number of hydrogen-bond acceptors (Lipinski definition) is 6. The van der Waals surface area contributed by atoms with E-state index in [1.807, 2.05) is 24.3 Å². The third kappa shape index (κ3) is 4.61. The van der Waals surface area contributed by atoms with E-state index in [0.29, 0.717) is 33.7 Å². The molecule has 2 aromatic carbocycles. The minimum Gasteiger partial charge on any atom is -0.508 e.